The normalized spacial score (nSPS) is 22.9. The maximum atomic E-state index is 13.1. The van der Waals surface area contributed by atoms with Gasteiger partial charge in [-0.1, -0.05) is 12.1 Å². The first-order valence-electron chi connectivity index (χ1n) is 12.0. The van der Waals surface area contributed by atoms with Gasteiger partial charge in [-0.2, -0.15) is 5.10 Å². The molecule has 3 aliphatic rings. The van der Waals surface area contributed by atoms with Crippen LogP contribution in [0.4, 0.5) is 5.82 Å². The van der Waals surface area contributed by atoms with Crippen molar-refractivity contribution in [1.29, 1.82) is 0 Å². The van der Waals surface area contributed by atoms with Crippen molar-refractivity contribution in [2.45, 2.75) is 45.1 Å². The Bertz CT molecular complexity index is 1320. The van der Waals surface area contributed by atoms with Crippen LogP contribution < -0.4 is 10.6 Å². The maximum absolute atomic E-state index is 13.1. The Kier molecular flexibility index (Phi) is 5.85. The molecule has 2 heterocycles. The highest BCUT2D eigenvalue weighted by molar-refractivity contribution is 6.04. The number of benzene rings is 1. The van der Waals surface area contributed by atoms with E-state index in [-0.39, 0.29) is 22.6 Å². The third kappa shape index (κ3) is 4.14. The van der Waals surface area contributed by atoms with Gasteiger partial charge in [-0.15, -0.1) is 0 Å². The van der Waals surface area contributed by atoms with E-state index in [1.807, 2.05) is 0 Å². The molecule has 11 nitrogen and oxygen atoms in total. The van der Waals surface area contributed by atoms with Gasteiger partial charge in [0, 0.05) is 20.1 Å². The first-order chi connectivity index (χ1) is 17.2. The lowest BCUT2D eigenvalue weighted by atomic mass is 9.53. The van der Waals surface area contributed by atoms with Gasteiger partial charge in [0.05, 0.1) is 11.0 Å². The van der Waals surface area contributed by atoms with Crippen LogP contribution in [0.3, 0.4) is 0 Å². The number of carbonyl (C=O) groups excluding carboxylic acids is 1. The Labute approximate surface area is 206 Å². The van der Waals surface area contributed by atoms with Gasteiger partial charge in [0.15, 0.2) is 11.5 Å². The Morgan fingerprint density at radius 3 is 2.25 bits per heavy atom. The molecule has 3 saturated carbocycles. The highest BCUT2D eigenvalue weighted by Gasteiger charge is 2.52. The second-order valence-electron chi connectivity index (χ2n) is 10.0. The molecule has 36 heavy (non-hydrogen) atoms. The number of nitrogens with one attached hydrogen (secondary N) is 2. The number of anilines is 1. The number of aliphatic carboxylic acids is 1. The lowest BCUT2D eigenvalue weighted by molar-refractivity contribution is -0.158. The summed E-state index contributed by atoms with van der Waals surface area (Å²) in [6.45, 7) is 0.901. The Balaban J connectivity index is 1.28. The predicted octanol–water partition coefficient (Wildman–Crippen LogP) is 2.83. The van der Waals surface area contributed by atoms with Crippen molar-refractivity contribution in [3.05, 3.63) is 47.4 Å². The minimum Gasteiger partial charge on any atom is -0.481 e. The topological polar surface area (TPSA) is 159 Å². The van der Waals surface area contributed by atoms with E-state index < -0.39 is 17.4 Å². The van der Waals surface area contributed by atoms with Crippen molar-refractivity contribution < 1.29 is 24.6 Å². The summed E-state index contributed by atoms with van der Waals surface area (Å²) in [5, 5.41) is 29.4. The van der Waals surface area contributed by atoms with Crippen LogP contribution in [0.1, 0.15) is 64.9 Å². The van der Waals surface area contributed by atoms with Gasteiger partial charge in [0.25, 0.3) is 5.91 Å². The van der Waals surface area contributed by atoms with Crippen molar-refractivity contribution >= 4 is 34.7 Å². The summed E-state index contributed by atoms with van der Waals surface area (Å²) < 4.78 is 1.61. The molecule has 4 N–H and O–H groups in total. The van der Waals surface area contributed by atoms with Crippen molar-refractivity contribution in [2.24, 2.45) is 17.9 Å². The molecule has 2 aromatic heterocycles. The number of aryl methyl sites for hydroxylation is 1. The van der Waals surface area contributed by atoms with E-state index >= 15 is 0 Å². The highest BCUT2D eigenvalue weighted by Crippen LogP contribution is 2.56. The van der Waals surface area contributed by atoms with Crippen molar-refractivity contribution in [3.8, 4) is 0 Å². The first-order valence-corrected chi connectivity index (χ1v) is 12.0. The van der Waals surface area contributed by atoms with E-state index in [1.165, 1.54) is 6.33 Å². The molecule has 1 amide bonds. The number of rotatable bonds is 8. The minimum atomic E-state index is -0.977. The number of hydrogen-bond acceptors (Lipinski definition) is 7. The second-order valence-corrected chi connectivity index (χ2v) is 10.0. The molecule has 1 aromatic carbocycles. The number of carbonyl (C=O) groups is 3. The zero-order valence-corrected chi connectivity index (χ0v) is 20.0. The molecule has 3 aromatic rings. The van der Waals surface area contributed by atoms with Gasteiger partial charge in [0.1, 0.15) is 17.4 Å². The standard InChI is InChI=1S/C25H28N6O5/c1-31-20(26-12-15-2-4-16(5-3-15)22(33)34)18-17(30-31)19(29-14-28-18)21(32)27-13-24-6-9-25(10-7-24,11-8-24)23(35)36/h2-5,14,26H,6-13H2,1H3,(H,27,32)(H,33,34)(H,35,36). The van der Waals surface area contributed by atoms with Gasteiger partial charge < -0.3 is 20.8 Å². The number of carboxylic acid groups (broad SMARTS) is 2. The van der Waals surface area contributed by atoms with E-state index in [9.17, 15) is 19.5 Å². The van der Waals surface area contributed by atoms with E-state index in [4.69, 9.17) is 5.11 Å². The average Bonchev–Trinajstić information content (AvgIpc) is 3.22. The lowest BCUT2D eigenvalue weighted by Crippen LogP contribution is -2.50. The van der Waals surface area contributed by atoms with Crippen LogP contribution in [0, 0.1) is 10.8 Å². The fourth-order valence-corrected chi connectivity index (χ4v) is 5.52. The summed E-state index contributed by atoms with van der Waals surface area (Å²) in [5.74, 6) is -1.38. The average molecular weight is 493 g/mol. The minimum absolute atomic E-state index is 0.0635. The molecule has 0 atom stereocenters. The third-order valence-corrected chi connectivity index (χ3v) is 7.98. The Morgan fingerprint density at radius 1 is 0.972 bits per heavy atom. The van der Waals surface area contributed by atoms with Crippen LogP contribution in [0.15, 0.2) is 30.6 Å². The van der Waals surface area contributed by atoms with Crippen molar-refractivity contribution in [1.82, 2.24) is 25.1 Å². The summed E-state index contributed by atoms with van der Waals surface area (Å²) in [6.07, 6.45) is 5.70. The van der Waals surface area contributed by atoms with E-state index in [0.717, 1.165) is 24.8 Å². The molecule has 0 unspecified atom stereocenters. The fraction of sp³-hybridized carbons (Fsp3) is 0.440. The van der Waals surface area contributed by atoms with Gasteiger partial charge in [-0.3, -0.25) is 14.3 Å². The summed E-state index contributed by atoms with van der Waals surface area (Å²) in [7, 11) is 1.75. The Morgan fingerprint density at radius 2 is 1.64 bits per heavy atom. The fourth-order valence-electron chi connectivity index (χ4n) is 5.52. The first kappa shape index (κ1) is 23.7. The molecule has 2 bridgehead atoms. The molecule has 0 saturated heterocycles. The van der Waals surface area contributed by atoms with Gasteiger partial charge >= 0.3 is 11.9 Å². The second kappa shape index (κ2) is 8.89. The molecule has 0 radical (unpaired) electrons. The lowest BCUT2D eigenvalue weighted by Gasteiger charge is -2.51. The third-order valence-electron chi connectivity index (χ3n) is 7.98. The van der Waals surface area contributed by atoms with Crippen LogP contribution in [0.2, 0.25) is 0 Å². The maximum Gasteiger partial charge on any atom is 0.335 e. The zero-order valence-electron chi connectivity index (χ0n) is 20.0. The molecular formula is C25H28N6O5. The van der Waals surface area contributed by atoms with Gasteiger partial charge in [-0.05, 0) is 61.6 Å². The summed E-state index contributed by atoms with van der Waals surface area (Å²) >= 11 is 0. The summed E-state index contributed by atoms with van der Waals surface area (Å²) in [6, 6.07) is 6.56. The van der Waals surface area contributed by atoms with E-state index in [2.05, 4.69) is 25.7 Å². The SMILES string of the molecule is Cn1nc2c(C(=O)NCC34CCC(C(=O)O)(CC3)CC4)ncnc2c1NCc1ccc(C(=O)O)cc1. The molecule has 188 valence electrons. The van der Waals surface area contributed by atoms with Crippen LogP contribution >= 0.6 is 0 Å². The number of aromatic carboxylic acids is 1. The van der Waals surface area contributed by atoms with Crippen LogP contribution in [-0.2, 0) is 18.4 Å². The number of fused-ring (bicyclic) bond motifs is 4. The number of amides is 1. The molecule has 3 aliphatic carbocycles. The zero-order chi connectivity index (χ0) is 25.5. The smallest absolute Gasteiger partial charge is 0.335 e. The monoisotopic (exact) mass is 492 g/mol. The quantitative estimate of drug-likeness (QED) is 0.371. The summed E-state index contributed by atoms with van der Waals surface area (Å²) in [4.78, 5) is 44.4. The molecule has 0 aliphatic heterocycles. The van der Waals surface area contributed by atoms with Crippen molar-refractivity contribution in [2.75, 3.05) is 11.9 Å². The molecule has 0 spiro atoms. The van der Waals surface area contributed by atoms with Crippen LogP contribution in [0.5, 0.6) is 0 Å². The molecule has 6 rings (SSSR count). The number of nitrogens with zero attached hydrogens (tertiary/aromatic N) is 4. The summed E-state index contributed by atoms with van der Waals surface area (Å²) in [5.41, 5.74) is 1.54. The Hall–Kier alpha value is -4.02. The van der Waals surface area contributed by atoms with Gasteiger partial charge in [-0.25, -0.2) is 14.8 Å². The van der Waals surface area contributed by atoms with Gasteiger partial charge in [0.2, 0.25) is 0 Å². The molecular weight excluding hydrogens is 464 g/mol. The van der Waals surface area contributed by atoms with Crippen LogP contribution in [-0.4, -0.2) is 54.4 Å². The van der Waals surface area contributed by atoms with E-state index in [0.29, 0.717) is 49.2 Å². The van der Waals surface area contributed by atoms with Crippen molar-refractivity contribution in [3.63, 3.8) is 0 Å². The number of hydrogen-bond donors (Lipinski definition) is 4. The number of carboxylic acids is 2. The van der Waals surface area contributed by atoms with Crippen LogP contribution in [0.25, 0.3) is 11.0 Å². The number of aromatic nitrogens is 4. The molecule has 11 heteroatoms. The highest BCUT2D eigenvalue weighted by atomic mass is 16.4. The van der Waals surface area contributed by atoms with E-state index in [1.54, 1.807) is 36.0 Å². The molecule has 3 fully saturated rings. The largest absolute Gasteiger partial charge is 0.481 e. The predicted molar refractivity (Wildman–Crippen MR) is 130 cm³/mol.